The minimum Gasteiger partial charge on any atom is -0.482 e. The molecule has 4 heterocycles. The molecule has 2 aliphatic heterocycles. The molecule has 0 radical (unpaired) electrons. The van der Waals surface area contributed by atoms with Gasteiger partial charge in [-0.3, -0.25) is 19.3 Å². The van der Waals surface area contributed by atoms with E-state index in [4.69, 9.17) is 9.47 Å². The summed E-state index contributed by atoms with van der Waals surface area (Å²) in [5.41, 5.74) is 3.72. The molecule has 220 valence electrons. The molecular weight excluding hydrogens is 584 g/mol. The summed E-state index contributed by atoms with van der Waals surface area (Å²) in [6, 6.07) is 22.5. The number of benzene rings is 3. The fourth-order valence-electron chi connectivity index (χ4n) is 6.56. The number of carbonyl (C=O) groups excluding carboxylic acids is 1. The van der Waals surface area contributed by atoms with Crippen LogP contribution in [0.1, 0.15) is 33.2 Å². The number of nitrogens with zero attached hydrogens (tertiary/aromatic N) is 3. The number of hydrogen-bond donors (Lipinski definition) is 0. The van der Waals surface area contributed by atoms with Crippen LogP contribution in [0.15, 0.2) is 95.2 Å². The Kier molecular flexibility index (Phi) is 6.35. The second kappa shape index (κ2) is 10.4. The summed E-state index contributed by atoms with van der Waals surface area (Å²) in [6.45, 7) is 0.875. The molecule has 7 nitrogen and oxygen atoms in total. The van der Waals surface area contributed by atoms with Gasteiger partial charge in [0.05, 0.1) is 19.3 Å². The summed E-state index contributed by atoms with van der Waals surface area (Å²) >= 11 is 1.35. The molecule has 1 aliphatic carbocycles. The predicted octanol–water partition coefficient (Wildman–Crippen LogP) is 5.95. The molecule has 1 saturated heterocycles. The maximum Gasteiger partial charge on any atom is 0.278 e. The van der Waals surface area contributed by atoms with Crippen LogP contribution < -0.4 is 15.2 Å². The number of halogens is 2. The van der Waals surface area contributed by atoms with Crippen LogP contribution in [0.25, 0.3) is 21.6 Å². The second-order valence-corrected chi connectivity index (χ2v) is 11.8. The quantitative estimate of drug-likeness (QED) is 0.252. The fourth-order valence-corrected chi connectivity index (χ4v) is 7.53. The lowest BCUT2D eigenvalue weighted by atomic mass is 9.92. The molecule has 0 spiro atoms. The van der Waals surface area contributed by atoms with E-state index in [0.29, 0.717) is 17.0 Å². The molecule has 2 unspecified atom stereocenters. The van der Waals surface area contributed by atoms with E-state index in [1.165, 1.54) is 17.4 Å². The van der Waals surface area contributed by atoms with Gasteiger partial charge in [0.15, 0.2) is 23.1 Å². The monoisotopic (exact) mass is 609 g/mol. The summed E-state index contributed by atoms with van der Waals surface area (Å²) in [7, 11) is 0. The van der Waals surface area contributed by atoms with Gasteiger partial charge in [-0.05, 0) is 39.8 Å². The number of pyridine rings is 1. The lowest BCUT2D eigenvalue weighted by Crippen LogP contribution is -2.66. The number of thiophene rings is 1. The van der Waals surface area contributed by atoms with Crippen LogP contribution >= 0.6 is 11.3 Å². The molecule has 3 aliphatic rings. The van der Waals surface area contributed by atoms with Gasteiger partial charge in [0.2, 0.25) is 5.43 Å². The zero-order chi connectivity index (χ0) is 29.9. The molecule has 2 atom stereocenters. The first-order chi connectivity index (χ1) is 21.5. The Morgan fingerprint density at radius 1 is 0.909 bits per heavy atom. The van der Waals surface area contributed by atoms with Gasteiger partial charge >= 0.3 is 0 Å². The number of carbonyl (C=O) groups is 1. The van der Waals surface area contributed by atoms with Crippen molar-refractivity contribution < 1.29 is 23.0 Å². The van der Waals surface area contributed by atoms with Crippen LogP contribution in [0.4, 0.5) is 8.78 Å². The zero-order valence-corrected chi connectivity index (χ0v) is 24.1. The maximum absolute atomic E-state index is 15.9. The predicted molar refractivity (Wildman–Crippen MR) is 162 cm³/mol. The Labute approximate surface area is 255 Å². The van der Waals surface area contributed by atoms with Gasteiger partial charge in [0, 0.05) is 34.8 Å². The summed E-state index contributed by atoms with van der Waals surface area (Å²) in [6.07, 6.45) is 0.947. The van der Waals surface area contributed by atoms with E-state index in [9.17, 15) is 14.0 Å². The fraction of sp³-hybridized carbons (Fsp3) is 0.176. The topological polar surface area (TPSA) is 64.0 Å². The van der Waals surface area contributed by atoms with E-state index in [0.717, 1.165) is 28.3 Å². The third-order valence-corrected chi connectivity index (χ3v) is 9.44. The van der Waals surface area contributed by atoms with Crippen molar-refractivity contribution in [3.8, 4) is 27.3 Å². The minimum absolute atomic E-state index is 0.0668. The largest absolute Gasteiger partial charge is 0.482 e. The van der Waals surface area contributed by atoms with Crippen molar-refractivity contribution in [2.45, 2.75) is 18.8 Å². The van der Waals surface area contributed by atoms with Crippen molar-refractivity contribution >= 4 is 17.2 Å². The first-order valence-corrected chi connectivity index (χ1v) is 15.2. The van der Waals surface area contributed by atoms with Gasteiger partial charge in [0.1, 0.15) is 12.8 Å². The minimum atomic E-state index is -0.940. The Morgan fingerprint density at radius 3 is 2.59 bits per heavy atom. The highest BCUT2D eigenvalue weighted by molar-refractivity contribution is 7.14. The van der Waals surface area contributed by atoms with E-state index >= 15 is 4.39 Å². The number of fused-ring (bicyclic) bond motifs is 7. The van der Waals surface area contributed by atoms with Gasteiger partial charge in [-0.15, -0.1) is 11.3 Å². The lowest BCUT2D eigenvalue weighted by Gasteiger charge is -2.51. The van der Waals surface area contributed by atoms with Crippen molar-refractivity contribution in [3.63, 3.8) is 0 Å². The Balaban J connectivity index is 1.39. The van der Waals surface area contributed by atoms with E-state index in [1.54, 1.807) is 21.8 Å². The van der Waals surface area contributed by atoms with Crippen LogP contribution in [0.2, 0.25) is 0 Å². The molecule has 2 aromatic heterocycles. The Bertz CT molecular complexity index is 1990. The summed E-state index contributed by atoms with van der Waals surface area (Å²) in [5, 5.41) is 3.82. The first kappa shape index (κ1) is 26.8. The normalized spacial score (nSPS) is 18.5. The van der Waals surface area contributed by atoms with Crippen LogP contribution in [0, 0.1) is 11.6 Å². The van der Waals surface area contributed by atoms with E-state index < -0.39 is 29.3 Å². The van der Waals surface area contributed by atoms with E-state index in [-0.39, 0.29) is 42.7 Å². The molecule has 0 saturated carbocycles. The lowest BCUT2D eigenvalue weighted by molar-refractivity contribution is -0.0197. The second-order valence-electron chi connectivity index (χ2n) is 10.9. The molecular formula is C34H25F2N3O4S. The SMILES string of the molecule is O=C1c2c(OCc3ccccc3)c(=O)ccn2N(C2c3ccccc3-c3ccsc3-c3c2ccc(F)c3F)C2COCCN12. The molecule has 1 amide bonds. The van der Waals surface area contributed by atoms with Crippen molar-refractivity contribution in [2.24, 2.45) is 0 Å². The molecule has 0 N–H and O–H groups in total. The number of morpholine rings is 1. The van der Waals surface area contributed by atoms with Crippen LogP contribution in [0.3, 0.4) is 0 Å². The van der Waals surface area contributed by atoms with Crippen molar-refractivity contribution in [3.05, 3.63) is 135 Å². The molecule has 0 bridgehead atoms. The number of amides is 1. The zero-order valence-electron chi connectivity index (χ0n) is 23.3. The number of rotatable bonds is 4. The molecule has 10 heteroatoms. The third-order valence-electron chi connectivity index (χ3n) is 8.51. The van der Waals surface area contributed by atoms with Crippen LogP contribution in [-0.2, 0) is 11.3 Å². The smallest absolute Gasteiger partial charge is 0.278 e. The van der Waals surface area contributed by atoms with Crippen molar-refractivity contribution in [1.82, 2.24) is 9.58 Å². The molecule has 8 rings (SSSR count). The summed E-state index contributed by atoms with van der Waals surface area (Å²) in [4.78, 5) is 29.8. The van der Waals surface area contributed by atoms with Gasteiger partial charge in [0.25, 0.3) is 5.91 Å². The van der Waals surface area contributed by atoms with Crippen LogP contribution in [0.5, 0.6) is 5.75 Å². The van der Waals surface area contributed by atoms with Gasteiger partial charge in [-0.25, -0.2) is 8.78 Å². The number of aromatic nitrogens is 1. The van der Waals surface area contributed by atoms with Gasteiger partial charge < -0.3 is 14.4 Å². The molecule has 3 aromatic carbocycles. The molecule has 1 fully saturated rings. The van der Waals surface area contributed by atoms with Crippen molar-refractivity contribution in [1.29, 1.82) is 0 Å². The Morgan fingerprint density at radius 2 is 1.73 bits per heavy atom. The highest BCUT2D eigenvalue weighted by Gasteiger charge is 2.47. The highest BCUT2D eigenvalue weighted by atomic mass is 32.1. The highest BCUT2D eigenvalue weighted by Crippen LogP contribution is 2.51. The van der Waals surface area contributed by atoms with E-state index in [1.807, 2.05) is 71.1 Å². The standard InChI is InChI=1S/C34H25F2N3O4S/c35-25-11-10-24-28(29(25)36)33-23(13-17-44-33)21-8-4-5-9-22(21)30(24)39-27-19-42-16-15-37(27)34(41)31-32(26(40)12-14-38(31)39)43-18-20-6-2-1-3-7-20/h1-14,17,27,30H,15-16,18-19H2. The Hall–Kier alpha value is -4.80. The molecule has 44 heavy (non-hydrogen) atoms. The maximum atomic E-state index is 15.9. The van der Waals surface area contributed by atoms with Gasteiger partial charge in [-0.1, -0.05) is 60.7 Å². The summed E-state index contributed by atoms with van der Waals surface area (Å²) in [5.74, 6) is -2.30. The van der Waals surface area contributed by atoms with Gasteiger partial charge in [-0.2, -0.15) is 0 Å². The third kappa shape index (κ3) is 4.01. The summed E-state index contributed by atoms with van der Waals surface area (Å²) < 4.78 is 44.5. The first-order valence-electron chi connectivity index (χ1n) is 14.3. The van der Waals surface area contributed by atoms with Crippen molar-refractivity contribution in [2.75, 3.05) is 24.8 Å². The number of ether oxygens (including phenoxy) is 2. The van der Waals surface area contributed by atoms with E-state index in [2.05, 4.69) is 0 Å². The van der Waals surface area contributed by atoms with Crippen LogP contribution in [-0.4, -0.2) is 41.4 Å². The average molecular weight is 610 g/mol. The molecule has 5 aromatic rings. The number of hydrogen-bond acceptors (Lipinski definition) is 6. The average Bonchev–Trinajstić information content (AvgIpc) is 3.50.